The monoisotopic (exact) mass is 241 g/mol. The molecule has 2 atom stereocenters. The van der Waals surface area contributed by atoms with E-state index in [4.69, 9.17) is 4.74 Å². The Balaban J connectivity index is 2.00. The number of amides is 1. The van der Waals surface area contributed by atoms with Crippen LogP contribution in [0.2, 0.25) is 0 Å². The minimum Gasteiger partial charge on any atom is -0.378 e. The number of nitrogens with zero attached hydrogens (tertiary/aromatic N) is 1. The molecule has 2 rings (SSSR count). The third-order valence-corrected chi connectivity index (χ3v) is 3.66. The van der Waals surface area contributed by atoms with Crippen LogP contribution in [0.25, 0.3) is 0 Å². The van der Waals surface area contributed by atoms with Crippen LogP contribution in [0.15, 0.2) is 5.51 Å². The summed E-state index contributed by atoms with van der Waals surface area (Å²) in [6.45, 7) is 3.37. The Kier molecular flexibility index (Phi) is 3.52. The average molecular weight is 241 g/mol. The van der Waals surface area contributed by atoms with E-state index in [2.05, 4.69) is 15.6 Å². The van der Waals surface area contributed by atoms with Gasteiger partial charge >= 0.3 is 0 Å². The lowest BCUT2D eigenvalue weighted by Gasteiger charge is -2.18. The van der Waals surface area contributed by atoms with Crippen molar-refractivity contribution in [3.8, 4) is 0 Å². The van der Waals surface area contributed by atoms with Crippen molar-refractivity contribution in [3.63, 3.8) is 0 Å². The predicted molar refractivity (Wildman–Crippen MR) is 61.8 cm³/mol. The molecule has 1 aromatic rings. The summed E-state index contributed by atoms with van der Waals surface area (Å²) in [5.74, 6) is -0.0595. The maximum atomic E-state index is 11.9. The number of hydrogen-bond acceptors (Lipinski definition) is 5. The molecule has 1 aliphatic heterocycles. The second-order valence-corrected chi connectivity index (χ2v) is 4.63. The summed E-state index contributed by atoms with van der Waals surface area (Å²) in [7, 11) is 1.66. The van der Waals surface area contributed by atoms with Gasteiger partial charge in [0.25, 0.3) is 5.91 Å². The van der Waals surface area contributed by atoms with E-state index >= 15 is 0 Å². The highest BCUT2D eigenvalue weighted by atomic mass is 32.1. The fourth-order valence-electron chi connectivity index (χ4n) is 1.80. The third-order valence-electron chi connectivity index (χ3n) is 2.73. The van der Waals surface area contributed by atoms with Gasteiger partial charge in [0.1, 0.15) is 4.88 Å². The molecule has 1 amide bonds. The van der Waals surface area contributed by atoms with Gasteiger partial charge in [0.15, 0.2) is 0 Å². The molecule has 0 bridgehead atoms. The van der Waals surface area contributed by atoms with Crippen LogP contribution < -0.4 is 10.6 Å². The van der Waals surface area contributed by atoms with Gasteiger partial charge in [0, 0.05) is 20.2 Å². The summed E-state index contributed by atoms with van der Waals surface area (Å²) in [5, 5.41) is 6.15. The van der Waals surface area contributed by atoms with Gasteiger partial charge in [-0.05, 0) is 6.92 Å². The zero-order valence-corrected chi connectivity index (χ0v) is 10.1. The molecule has 1 saturated heterocycles. The number of aromatic nitrogens is 1. The fraction of sp³-hybridized carbons (Fsp3) is 0.600. The van der Waals surface area contributed by atoms with Crippen LogP contribution in [0.1, 0.15) is 15.4 Å². The Morgan fingerprint density at radius 2 is 2.50 bits per heavy atom. The van der Waals surface area contributed by atoms with Crippen molar-refractivity contribution in [3.05, 3.63) is 16.1 Å². The molecule has 1 aliphatic rings. The normalized spacial score (nSPS) is 24.6. The van der Waals surface area contributed by atoms with Crippen molar-refractivity contribution >= 4 is 17.2 Å². The topological polar surface area (TPSA) is 63.2 Å². The maximum absolute atomic E-state index is 11.9. The van der Waals surface area contributed by atoms with Gasteiger partial charge < -0.3 is 15.4 Å². The van der Waals surface area contributed by atoms with E-state index in [0.717, 1.165) is 18.8 Å². The van der Waals surface area contributed by atoms with Crippen molar-refractivity contribution in [1.82, 2.24) is 15.6 Å². The van der Waals surface area contributed by atoms with Gasteiger partial charge in [0.2, 0.25) is 0 Å². The van der Waals surface area contributed by atoms with Crippen LogP contribution in [0.4, 0.5) is 0 Å². The van der Waals surface area contributed by atoms with Crippen LogP contribution in [-0.4, -0.2) is 43.2 Å². The van der Waals surface area contributed by atoms with Crippen LogP contribution in [0.3, 0.4) is 0 Å². The summed E-state index contributed by atoms with van der Waals surface area (Å²) in [5.41, 5.74) is 2.47. The number of aryl methyl sites for hydroxylation is 1. The van der Waals surface area contributed by atoms with Crippen molar-refractivity contribution in [2.45, 2.75) is 19.1 Å². The Bertz CT molecular complexity index is 380. The molecule has 2 N–H and O–H groups in total. The summed E-state index contributed by atoms with van der Waals surface area (Å²) in [6.07, 6.45) is 0.0529. The standard InChI is InChI=1S/C10H15N3O2S/c1-6-9(16-5-12-6)10(14)13-7-3-11-4-8(7)15-2/h5,7-8,11H,3-4H2,1-2H3,(H,13,14)/t7-,8+/m0/s1. The Hall–Kier alpha value is -0.980. The van der Waals surface area contributed by atoms with Gasteiger partial charge in [0.05, 0.1) is 23.4 Å². The number of nitrogens with one attached hydrogen (secondary N) is 2. The van der Waals surface area contributed by atoms with Crippen LogP contribution >= 0.6 is 11.3 Å². The first-order valence-corrected chi connectivity index (χ1v) is 6.04. The zero-order chi connectivity index (χ0) is 11.5. The van der Waals surface area contributed by atoms with Gasteiger partial charge in [-0.15, -0.1) is 11.3 Å². The average Bonchev–Trinajstić information content (AvgIpc) is 2.86. The molecule has 2 heterocycles. The summed E-state index contributed by atoms with van der Waals surface area (Å²) in [6, 6.07) is 0.0407. The number of rotatable bonds is 3. The number of carbonyl (C=O) groups excluding carboxylic acids is 1. The summed E-state index contributed by atoms with van der Waals surface area (Å²) >= 11 is 1.37. The number of ether oxygens (including phenoxy) is 1. The lowest BCUT2D eigenvalue weighted by molar-refractivity contribution is 0.0782. The zero-order valence-electron chi connectivity index (χ0n) is 9.32. The lowest BCUT2D eigenvalue weighted by Crippen LogP contribution is -2.43. The van der Waals surface area contributed by atoms with E-state index < -0.39 is 0 Å². The lowest BCUT2D eigenvalue weighted by atomic mass is 10.2. The predicted octanol–water partition coefficient (Wildman–Crippen LogP) is 0.168. The minimum absolute atomic E-state index is 0.0407. The van der Waals surface area contributed by atoms with E-state index in [1.807, 2.05) is 6.92 Å². The van der Waals surface area contributed by atoms with Gasteiger partial charge in [-0.1, -0.05) is 0 Å². The second-order valence-electron chi connectivity index (χ2n) is 3.78. The van der Waals surface area contributed by atoms with Crippen LogP contribution in [0.5, 0.6) is 0 Å². The van der Waals surface area contributed by atoms with Crippen molar-refractivity contribution < 1.29 is 9.53 Å². The molecular formula is C10H15N3O2S. The first-order chi connectivity index (χ1) is 7.72. The van der Waals surface area contributed by atoms with E-state index in [-0.39, 0.29) is 18.1 Å². The molecule has 0 unspecified atom stereocenters. The first-order valence-electron chi connectivity index (χ1n) is 5.17. The molecule has 1 fully saturated rings. The van der Waals surface area contributed by atoms with E-state index in [0.29, 0.717) is 4.88 Å². The fourth-order valence-corrected chi connectivity index (χ4v) is 2.51. The molecule has 6 heteroatoms. The van der Waals surface area contributed by atoms with Gasteiger partial charge in [-0.3, -0.25) is 4.79 Å². The quantitative estimate of drug-likeness (QED) is 0.792. The molecule has 1 aromatic heterocycles. The number of hydrogen-bond donors (Lipinski definition) is 2. The third kappa shape index (κ3) is 2.23. The molecule has 0 aromatic carbocycles. The highest BCUT2D eigenvalue weighted by Crippen LogP contribution is 2.13. The smallest absolute Gasteiger partial charge is 0.263 e. The molecular weight excluding hydrogens is 226 g/mol. The van der Waals surface area contributed by atoms with Crippen molar-refractivity contribution in [1.29, 1.82) is 0 Å². The maximum Gasteiger partial charge on any atom is 0.263 e. The number of carbonyl (C=O) groups is 1. The van der Waals surface area contributed by atoms with E-state index in [9.17, 15) is 4.79 Å². The molecule has 0 saturated carbocycles. The van der Waals surface area contributed by atoms with E-state index in [1.54, 1.807) is 12.6 Å². The van der Waals surface area contributed by atoms with Crippen LogP contribution in [0, 0.1) is 6.92 Å². The summed E-state index contributed by atoms with van der Waals surface area (Å²) < 4.78 is 5.28. The Labute approximate surface area is 98.2 Å². The molecule has 5 nitrogen and oxygen atoms in total. The highest BCUT2D eigenvalue weighted by molar-refractivity contribution is 7.11. The van der Waals surface area contributed by atoms with E-state index in [1.165, 1.54) is 11.3 Å². The molecule has 0 spiro atoms. The summed E-state index contributed by atoms with van der Waals surface area (Å²) in [4.78, 5) is 16.7. The minimum atomic E-state index is -0.0595. The number of thiazole rings is 1. The Morgan fingerprint density at radius 1 is 1.69 bits per heavy atom. The Morgan fingerprint density at radius 3 is 3.12 bits per heavy atom. The molecule has 0 aliphatic carbocycles. The second kappa shape index (κ2) is 4.90. The van der Waals surface area contributed by atoms with Crippen molar-refractivity contribution in [2.75, 3.05) is 20.2 Å². The highest BCUT2D eigenvalue weighted by Gasteiger charge is 2.29. The SMILES string of the molecule is CO[C@@H]1CNC[C@@H]1NC(=O)c1scnc1C. The van der Waals surface area contributed by atoms with Gasteiger partial charge in [-0.25, -0.2) is 4.98 Å². The van der Waals surface area contributed by atoms with Crippen molar-refractivity contribution in [2.24, 2.45) is 0 Å². The first kappa shape index (κ1) is 11.5. The molecule has 0 radical (unpaired) electrons. The molecule has 16 heavy (non-hydrogen) atoms. The largest absolute Gasteiger partial charge is 0.378 e. The number of methoxy groups -OCH3 is 1. The van der Waals surface area contributed by atoms with Gasteiger partial charge in [-0.2, -0.15) is 0 Å². The molecule has 88 valence electrons. The van der Waals surface area contributed by atoms with Crippen LogP contribution in [-0.2, 0) is 4.74 Å².